The minimum atomic E-state index is 0.573. The number of nitrogens with two attached hydrogens (primary N) is 1. The van der Waals surface area contributed by atoms with E-state index in [1.807, 2.05) is 13.8 Å². The van der Waals surface area contributed by atoms with Crippen LogP contribution in [0.3, 0.4) is 0 Å². The standard InChI is InChI=1S/C19H27NO2/c1-3-21-17-12-15-10-11-20-19(14-8-6-5-7-9-14)16(15)13-18(17)22-4-2/h5-6,12-14,19-20H,3-4,7-11H2,1-2H3/p+1/t14-,19+/m1/s1. The number of hydrogen-bond acceptors (Lipinski definition) is 2. The molecule has 2 aliphatic rings. The zero-order chi connectivity index (χ0) is 15.4. The van der Waals surface area contributed by atoms with E-state index in [2.05, 4.69) is 29.6 Å². The first kappa shape index (κ1) is 15.4. The van der Waals surface area contributed by atoms with E-state index in [4.69, 9.17) is 9.47 Å². The highest BCUT2D eigenvalue weighted by Crippen LogP contribution is 2.38. The molecule has 3 rings (SSSR count). The average molecular weight is 302 g/mol. The van der Waals surface area contributed by atoms with Crippen LogP contribution in [0.5, 0.6) is 11.5 Å². The van der Waals surface area contributed by atoms with E-state index in [1.54, 1.807) is 0 Å². The Bertz CT molecular complexity index is 538. The average Bonchev–Trinajstić information content (AvgIpc) is 2.56. The Kier molecular flexibility index (Phi) is 5.04. The largest absolute Gasteiger partial charge is 0.490 e. The van der Waals surface area contributed by atoms with Gasteiger partial charge >= 0.3 is 0 Å². The number of allylic oxidation sites excluding steroid dienone is 2. The number of hydrogen-bond donors (Lipinski definition) is 1. The van der Waals surface area contributed by atoms with Gasteiger partial charge in [0.1, 0.15) is 6.04 Å². The molecule has 0 fully saturated rings. The molecule has 0 saturated carbocycles. The van der Waals surface area contributed by atoms with Crippen molar-refractivity contribution in [3.8, 4) is 11.5 Å². The van der Waals surface area contributed by atoms with Gasteiger partial charge in [0.2, 0.25) is 0 Å². The lowest BCUT2D eigenvalue weighted by atomic mass is 9.80. The minimum absolute atomic E-state index is 0.573. The summed E-state index contributed by atoms with van der Waals surface area (Å²) in [7, 11) is 0. The van der Waals surface area contributed by atoms with Crippen molar-refractivity contribution in [2.45, 2.75) is 45.6 Å². The van der Waals surface area contributed by atoms with Crippen molar-refractivity contribution in [1.82, 2.24) is 0 Å². The van der Waals surface area contributed by atoms with Crippen molar-refractivity contribution < 1.29 is 14.8 Å². The van der Waals surface area contributed by atoms with Crippen molar-refractivity contribution in [1.29, 1.82) is 0 Å². The predicted molar refractivity (Wildman–Crippen MR) is 88.5 cm³/mol. The molecule has 120 valence electrons. The van der Waals surface area contributed by atoms with Crippen molar-refractivity contribution in [3.05, 3.63) is 35.4 Å². The number of rotatable bonds is 5. The fourth-order valence-corrected chi connectivity index (χ4v) is 3.82. The lowest BCUT2D eigenvalue weighted by molar-refractivity contribution is -0.706. The number of quaternary nitrogens is 1. The van der Waals surface area contributed by atoms with Crippen LogP contribution in [-0.2, 0) is 6.42 Å². The van der Waals surface area contributed by atoms with Crippen LogP contribution in [0.1, 0.15) is 50.3 Å². The molecule has 3 heteroatoms. The van der Waals surface area contributed by atoms with Crippen LogP contribution >= 0.6 is 0 Å². The molecule has 3 nitrogen and oxygen atoms in total. The minimum Gasteiger partial charge on any atom is -0.490 e. The molecule has 0 unspecified atom stereocenters. The molecule has 1 aromatic rings. The van der Waals surface area contributed by atoms with E-state index in [-0.39, 0.29) is 0 Å². The molecule has 1 aliphatic heterocycles. The fraction of sp³-hybridized carbons (Fsp3) is 0.579. The second kappa shape index (κ2) is 7.19. The third-order valence-corrected chi connectivity index (χ3v) is 4.82. The first-order valence-corrected chi connectivity index (χ1v) is 8.74. The maximum absolute atomic E-state index is 5.84. The lowest BCUT2D eigenvalue weighted by Gasteiger charge is -2.32. The summed E-state index contributed by atoms with van der Waals surface area (Å²) in [5.74, 6) is 2.57. The van der Waals surface area contributed by atoms with Crippen molar-refractivity contribution >= 4 is 0 Å². The van der Waals surface area contributed by atoms with Gasteiger partial charge in [-0.1, -0.05) is 12.2 Å². The summed E-state index contributed by atoms with van der Waals surface area (Å²) in [5, 5.41) is 2.53. The van der Waals surface area contributed by atoms with Crippen LogP contribution in [0, 0.1) is 5.92 Å². The quantitative estimate of drug-likeness (QED) is 0.849. The summed E-state index contributed by atoms with van der Waals surface area (Å²) in [6.07, 6.45) is 9.53. The molecular formula is C19H28NO2+. The van der Waals surface area contributed by atoms with E-state index >= 15 is 0 Å². The summed E-state index contributed by atoms with van der Waals surface area (Å²) >= 11 is 0. The third-order valence-electron chi connectivity index (χ3n) is 4.82. The van der Waals surface area contributed by atoms with Crippen molar-refractivity contribution in [2.24, 2.45) is 5.92 Å². The molecule has 2 N–H and O–H groups in total. The molecule has 0 bridgehead atoms. The summed E-state index contributed by atoms with van der Waals surface area (Å²) in [4.78, 5) is 0. The van der Waals surface area contributed by atoms with Crippen LogP contribution in [0.2, 0.25) is 0 Å². The molecule has 1 aromatic carbocycles. The van der Waals surface area contributed by atoms with Gasteiger partial charge in [-0.25, -0.2) is 0 Å². The second-order valence-electron chi connectivity index (χ2n) is 6.21. The van der Waals surface area contributed by atoms with E-state index in [1.165, 1.54) is 36.9 Å². The molecular weight excluding hydrogens is 274 g/mol. The highest BCUT2D eigenvalue weighted by Gasteiger charge is 2.32. The lowest BCUT2D eigenvalue weighted by Crippen LogP contribution is -2.88. The summed E-state index contributed by atoms with van der Waals surface area (Å²) in [6.45, 7) is 6.60. The first-order valence-electron chi connectivity index (χ1n) is 8.74. The Morgan fingerprint density at radius 3 is 2.55 bits per heavy atom. The Labute approximate surface area is 133 Å². The van der Waals surface area contributed by atoms with Gasteiger partial charge in [0, 0.05) is 17.9 Å². The van der Waals surface area contributed by atoms with Crippen LogP contribution < -0.4 is 14.8 Å². The molecule has 2 atom stereocenters. The van der Waals surface area contributed by atoms with Crippen LogP contribution in [0.15, 0.2) is 24.3 Å². The molecule has 0 amide bonds. The number of fused-ring (bicyclic) bond motifs is 1. The van der Waals surface area contributed by atoms with Crippen LogP contribution in [0.25, 0.3) is 0 Å². The Morgan fingerprint density at radius 1 is 1.09 bits per heavy atom. The van der Waals surface area contributed by atoms with Crippen LogP contribution in [0.4, 0.5) is 0 Å². The van der Waals surface area contributed by atoms with Gasteiger partial charge in [0.05, 0.1) is 19.8 Å². The first-order chi connectivity index (χ1) is 10.8. The second-order valence-corrected chi connectivity index (χ2v) is 6.21. The zero-order valence-electron chi connectivity index (χ0n) is 13.8. The Morgan fingerprint density at radius 2 is 1.86 bits per heavy atom. The van der Waals surface area contributed by atoms with E-state index < -0.39 is 0 Å². The summed E-state index contributed by atoms with van der Waals surface area (Å²) in [5.41, 5.74) is 2.92. The third kappa shape index (κ3) is 3.14. The SMILES string of the molecule is CCOc1cc2c(cc1OCC)[C@H]([C@@H]1CC=CCC1)[NH2+]CC2. The van der Waals surface area contributed by atoms with Crippen molar-refractivity contribution in [2.75, 3.05) is 19.8 Å². The smallest absolute Gasteiger partial charge is 0.161 e. The van der Waals surface area contributed by atoms with Gasteiger partial charge in [-0.15, -0.1) is 0 Å². The van der Waals surface area contributed by atoms with E-state index in [0.29, 0.717) is 19.3 Å². The fourth-order valence-electron chi connectivity index (χ4n) is 3.82. The van der Waals surface area contributed by atoms with Gasteiger partial charge in [-0.2, -0.15) is 0 Å². The summed E-state index contributed by atoms with van der Waals surface area (Å²) < 4.78 is 11.6. The molecule has 1 aliphatic carbocycles. The molecule has 1 heterocycles. The van der Waals surface area contributed by atoms with Gasteiger partial charge in [-0.3, -0.25) is 0 Å². The topological polar surface area (TPSA) is 35.1 Å². The van der Waals surface area contributed by atoms with Gasteiger partial charge in [0.25, 0.3) is 0 Å². The number of ether oxygens (including phenoxy) is 2. The molecule has 0 radical (unpaired) electrons. The normalized spacial score (nSPS) is 23.9. The molecule has 0 aromatic heterocycles. The zero-order valence-corrected chi connectivity index (χ0v) is 13.8. The van der Waals surface area contributed by atoms with Crippen molar-refractivity contribution in [3.63, 3.8) is 0 Å². The van der Waals surface area contributed by atoms with Crippen LogP contribution in [-0.4, -0.2) is 19.8 Å². The molecule has 0 spiro atoms. The van der Waals surface area contributed by atoms with Gasteiger partial charge in [0.15, 0.2) is 11.5 Å². The van der Waals surface area contributed by atoms with Gasteiger partial charge in [-0.05, 0) is 50.8 Å². The van der Waals surface area contributed by atoms with E-state index in [0.717, 1.165) is 23.8 Å². The summed E-state index contributed by atoms with van der Waals surface area (Å²) in [6, 6.07) is 5.05. The highest BCUT2D eigenvalue weighted by atomic mass is 16.5. The Hall–Kier alpha value is -1.48. The highest BCUT2D eigenvalue weighted by molar-refractivity contribution is 5.49. The molecule has 0 saturated heterocycles. The number of benzene rings is 1. The van der Waals surface area contributed by atoms with E-state index in [9.17, 15) is 0 Å². The maximum Gasteiger partial charge on any atom is 0.161 e. The molecule has 22 heavy (non-hydrogen) atoms. The Balaban J connectivity index is 1.94. The predicted octanol–water partition coefficient (Wildman–Crippen LogP) is 3.00. The monoisotopic (exact) mass is 302 g/mol. The maximum atomic E-state index is 5.84. The van der Waals surface area contributed by atoms with Gasteiger partial charge < -0.3 is 14.8 Å².